The van der Waals surface area contributed by atoms with E-state index in [2.05, 4.69) is 30.9 Å². The molecular weight excluding hydrogens is 146 g/mol. The van der Waals surface area contributed by atoms with Crippen LogP contribution < -0.4 is 0 Å². The Morgan fingerprint density at radius 2 is 2.25 bits per heavy atom. The molecule has 1 saturated heterocycles. The zero-order chi connectivity index (χ0) is 8.60. The molecule has 0 saturated carbocycles. The van der Waals surface area contributed by atoms with Crippen molar-refractivity contribution < 1.29 is 0 Å². The highest BCUT2D eigenvalue weighted by Crippen LogP contribution is 2.34. The molecule has 1 fully saturated rings. The van der Waals surface area contributed by atoms with E-state index in [-0.39, 0.29) is 0 Å². The van der Waals surface area contributed by atoms with Crippen LogP contribution in [-0.2, 0) is 0 Å². The molecule has 1 atom stereocenters. The third kappa shape index (κ3) is 1.31. The van der Waals surface area contributed by atoms with Crippen molar-refractivity contribution in [3.8, 4) is 0 Å². The maximum Gasteiger partial charge on any atom is 0.0283 e. The molecule has 0 amide bonds. The molecule has 1 unspecified atom stereocenters. The monoisotopic (exact) mass is 165 g/mol. The van der Waals surface area contributed by atoms with E-state index < -0.39 is 0 Å². The Bertz CT molecular complexity index is 193. The molecule has 1 nitrogen and oxygen atoms in total. The summed E-state index contributed by atoms with van der Waals surface area (Å²) in [4.78, 5) is 2.64. The van der Waals surface area contributed by atoms with Gasteiger partial charge in [0.1, 0.15) is 0 Å². The van der Waals surface area contributed by atoms with Crippen molar-refractivity contribution in [3.63, 3.8) is 0 Å². The van der Waals surface area contributed by atoms with E-state index in [0.29, 0.717) is 5.54 Å². The van der Waals surface area contributed by atoms with E-state index in [4.69, 9.17) is 0 Å². The highest BCUT2D eigenvalue weighted by Gasteiger charge is 2.39. The Labute approximate surface area is 75.4 Å². The number of hydrogen-bond donors (Lipinski definition) is 0. The van der Waals surface area contributed by atoms with Gasteiger partial charge in [-0.15, -0.1) is 0 Å². The minimum Gasteiger partial charge on any atom is -0.292 e. The lowest BCUT2D eigenvalue weighted by Crippen LogP contribution is -2.59. The standard InChI is InChI=1S/C11H19N/c1-11(2)8-9-12(11)10-6-4-3-5-7-10/h4,6,10H,3,5,7-9H2,1-2H3. The molecule has 0 aromatic carbocycles. The predicted molar refractivity (Wildman–Crippen MR) is 52.2 cm³/mol. The Hall–Kier alpha value is -0.300. The molecular formula is C11H19N. The molecule has 68 valence electrons. The summed E-state index contributed by atoms with van der Waals surface area (Å²) in [5.74, 6) is 0. The van der Waals surface area contributed by atoms with Gasteiger partial charge in [0.25, 0.3) is 0 Å². The second kappa shape index (κ2) is 2.88. The number of hydrogen-bond acceptors (Lipinski definition) is 1. The van der Waals surface area contributed by atoms with Crippen LogP contribution in [0.4, 0.5) is 0 Å². The van der Waals surface area contributed by atoms with Crippen molar-refractivity contribution in [1.29, 1.82) is 0 Å². The van der Waals surface area contributed by atoms with Crippen LogP contribution in [0, 0.1) is 0 Å². The maximum atomic E-state index is 2.64. The molecule has 1 heteroatoms. The summed E-state index contributed by atoms with van der Waals surface area (Å²) >= 11 is 0. The first-order chi connectivity index (χ1) is 5.70. The second-order valence-corrected chi connectivity index (χ2v) is 4.68. The Morgan fingerprint density at radius 3 is 2.67 bits per heavy atom. The van der Waals surface area contributed by atoms with E-state index in [9.17, 15) is 0 Å². The highest BCUT2D eigenvalue weighted by molar-refractivity contribution is 5.05. The van der Waals surface area contributed by atoms with Crippen LogP contribution in [0.15, 0.2) is 12.2 Å². The zero-order valence-electron chi connectivity index (χ0n) is 8.21. The van der Waals surface area contributed by atoms with Gasteiger partial charge in [-0.25, -0.2) is 0 Å². The minimum atomic E-state index is 0.479. The Kier molecular flexibility index (Phi) is 1.99. The topological polar surface area (TPSA) is 3.24 Å². The van der Waals surface area contributed by atoms with Gasteiger partial charge in [0.05, 0.1) is 0 Å². The van der Waals surface area contributed by atoms with Gasteiger partial charge < -0.3 is 0 Å². The lowest BCUT2D eigenvalue weighted by molar-refractivity contribution is -0.0128. The lowest BCUT2D eigenvalue weighted by Gasteiger charge is -2.52. The first-order valence-corrected chi connectivity index (χ1v) is 5.13. The molecule has 0 N–H and O–H groups in total. The van der Waals surface area contributed by atoms with E-state index in [1.165, 1.54) is 32.2 Å². The van der Waals surface area contributed by atoms with Crippen molar-refractivity contribution >= 4 is 0 Å². The van der Waals surface area contributed by atoms with Gasteiger partial charge >= 0.3 is 0 Å². The quantitative estimate of drug-likeness (QED) is 0.540. The Balaban J connectivity index is 2.00. The number of allylic oxidation sites excluding steroid dienone is 1. The lowest BCUT2D eigenvalue weighted by atomic mass is 9.84. The fourth-order valence-corrected chi connectivity index (χ4v) is 2.36. The molecule has 0 bridgehead atoms. The molecule has 12 heavy (non-hydrogen) atoms. The first-order valence-electron chi connectivity index (χ1n) is 5.13. The number of likely N-dealkylation sites (tertiary alicyclic amines) is 1. The molecule has 0 aromatic rings. The van der Waals surface area contributed by atoms with Gasteiger partial charge in [0, 0.05) is 18.1 Å². The van der Waals surface area contributed by atoms with Crippen LogP contribution in [0.25, 0.3) is 0 Å². The maximum absolute atomic E-state index is 2.64. The van der Waals surface area contributed by atoms with E-state index in [1.54, 1.807) is 0 Å². The van der Waals surface area contributed by atoms with Crippen molar-refractivity contribution in [1.82, 2.24) is 4.90 Å². The second-order valence-electron chi connectivity index (χ2n) is 4.68. The minimum absolute atomic E-state index is 0.479. The van der Waals surface area contributed by atoms with E-state index in [1.807, 2.05) is 0 Å². The van der Waals surface area contributed by atoms with Gasteiger partial charge in [-0.2, -0.15) is 0 Å². The third-order valence-corrected chi connectivity index (χ3v) is 3.37. The van der Waals surface area contributed by atoms with Crippen molar-refractivity contribution in [3.05, 3.63) is 12.2 Å². The summed E-state index contributed by atoms with van der Waals surface area (Å²) < 4.78 is 0. The smallest absolute Gasteiger partial charge is 0.0283 e. The molecule has 1 heterocycles. The SMILES string of the molecule is CC1(C)CCN1C1C=CCCC1. The average Bonchev–Trinajstić information content (AvgIpc) is 2.05. The summed E-state index contributed by atoms with van der Waals surface area (Å²) in [6, 6.07) is 0.752. The molecule has 2 aliphatic rings. The fraction of sp³-hybridized carbons (Fsp3) is 0.818. The van der Waals surface area contributed by atoms with Crippen LogP contribution in [0.3, 0.4) is 0 Å². The first kappa shape index (κ1) is 8.31. The normalized spacial score (nSPS) is 34.7. The van der Waals surface area contributed by atoms with Gasteiger partial charge in [-0.1, -0.05) is 12.2 Å². The molecule has 1 aliphatic carbocycles. The van der Waals surface area contributed by atoms with Crippen molar-refractivity contribution in [2.45, 2.75) is 51.1 Å². The molecule has 1 aliphatic heterocycles. The molecule has 2 rings (SSSR count). The number of rotatable bonds is 1. The predicted octanol–water partition coefficient (Wildman–Crippen LogP) is 2.58. The zero-order valence-corrected chi connectivity index (χ0v) is 8.21. The van der Waals surface area contributed by atoms with Gasteiger partial charge in [0.2, 0.25) is 0 Å². The molecule has 0 radical (unpaired) electrons. The number of nitrogens with zero attached hydrogens (tertiary/aromatic N) is 1. The average molecular weight is 165 g/mol. The van der Waals surface area contributed by atoms with Gasteiger partial charge in [-0.3, -0.25) is 4.90 Å². The van der Waals surface area contributed by atoms with Gasteiger partial charge in [0.15, 0.2) is 0 Å². The third-order valence-electron chi connectivity index (χ3n) is 3.37. The summed E-state index contributed by atoms with van der Waals surface area (Å²) in [6.07, 6.45) is 10.2. The van der Waals surface area contributed by atoms with Crippen LogP contribution >= 0.6 is 0 Å². The largest absolute Gasteiger partial charge is 0.292 e. The fourth-order valence-electron chi connectivity index (χ4n) is 2.36. The van der Waals surface area contributed by atoms with E-state index in [0.717, 1.165) is 6.04 Å². The van der Waals surface area contributed by atoms with Crippen LogP contribution in [-0.4, -0.2) is 23.0 Å². The van der Waals surface area contributed by atoms with Crippen LogP contribution in [0.5, 0.6) is 0 Å². The van der Waals surface area contributed by atoms with Crippen LogP contribution in [0.1, 0.15) is 39.5 Å². The molecule has 0 spiro atoms. The summed E-state index contributed by atoms with van der Waals surface area (Å²) in [7, 11) is 0. The van der Waals surface area contributed by atoms with Crippen molar-refractivity contribution in [2.75, 3.05) is 6.54 Å². The Morgan fingerprint density at radius 1 is 1.42 bits per heavy atom. The van der Waals surface area contributed by atoms with Crippen LogP contribution in [0.2, 0.25) is 0 Å². The van der Waals surface area contributed by atoms with Gasteiger partial charge in [-0.05, 0) is 39.5 Å². The summed E-state index contributed by atoms with van der Waals surface area (Å²) in [6.45, 7) is 6.03. The summed E-state index contributed by atoms with van der Waals surface area (Å²) in [5, 5.41) is 0. The van der Waals surface area contributed by atoms with Crippen molar-refractivity contribution in [2.24, 2.45) is 0 Å². The summed E-state index contributed by atoms with van der Waals surface area (Å²) in [5.41, 5.74) is 0.479. The molecule has 0 aromatic heterocycles. The highest BCUT2D eigenvalue weighted by atomic mass is 15.3. The van der Waals surface area contributed by atoms with E-state index >= 15 is 0 Å².